The number of aliphatic hydroxyl groups excluding tert-OH is 1. The summed E-state index contributed by atoms with van der Waals surface area (Å²) in [5.41, 5.74) is 3.40. The van der Waals surface area contributed by atoms with Crippen LogP contribution in [0.25, 0.3) is 0 Å². The maximum atomic E-state index is 12.5. The van der Waals surface area contributed by atoms with Crippen molar-refractivity contribution >= 4 is 29.9 Å². The van der Waals surface area contributed by atoms with E-state index in [0.29, 0.717) is 43.1 Å². The summed E-state index contributed by atoms with van der Waals surface area (Å²) in [6.45, 7) is 3.43. The Morgan fingerprint density at radius 2 is 2.03 bits per heavy atom. The Morgan fingerprint density at radius 3 is 2.74 bits per heavy atom. The number of carbonyl (C=O) groups excluding carboxylic acids is 2. The third kappa shape index (κ3) is 6.24. The summed E-state index contributed by atoms with van der Waals surface area (Å²) >= 11 is 0. The third-order valence-electron chi connectivity index (χ3n) is 5.50. The van der Waals surface area contributed by atoms with Gasteiger partial charge in [-0.25, -0.2) is 9.59 Å². The first-order valence-corrected chi connectivity index (χ1v) is 11.1. The summed E-state index contributed by atoms with van der Waals surface area (Å²) in [6.07, 6.45) is 0.422. The minimum Gasteiger partial charge on any atom is -0.474 e. The first kappa shape index (κ1) is 23.5. The van der Waals surface area contributed by atoms with Gasteiger partial charge in [-0.15, -0.1) is 0 Å². The highest BCUT2D eigenvalue weighted by Crippen LogP contribution is 2.30. The Kier molecular flexibility index (Phi) is 7.61. The lowest BCUT2D eigenvalue weighted by Gasteiger charge is -2.18. The van der Waals surface area contributed by atoms with Gasteiger partial charge in [0.2, 0.25) is 0 Å². The number of carbonyl (C=O) groups is 2. The number of hydrogen-bond acceptors (Lipinski definition) is 7. The predicted octanol–water partition coefficient (Wildman–Crippen LogP) is 3.50. The van der Waals surface area contributed by atoms with Gasteiger partial charge in [0, 0.05) is 29.9 Å². The van der Waals surface area contributed by atoms with Crippen LogP contribution in [0.5, 0.6) is 0 Å². The van der Waals surface area contributed by atoms with Crippen LogP contribution >= 0.6 is 0 Å². The molecule has 0 radical (unpaired) electrons. The van der Waals surface area contributed by atoms with E-state index in [-0.39, 0.29) is 18.8 Å². The quantitative estimate of drug-likeness (QED) is 0.492. The summed E-state index contributed by atoms with van der Waals surface area (Å²) in [4.78, 5) is 28.5. The van der Waals surface area contributed by atoms with E-state index in [1.54, 1.807) is 37.3 Å². The molecule has 1 saturated heterocycles. The van der Waals surface area contributed by atoms with E-state index in [1.165, 1.54) is 6.40 Å². The standard InChI is InChI=1S/C24H28N4O6/c1-15(29)21-10-18(5-6-20(21)22-12-25-14-33-22)28-23(30)27-17-4-2-3-16(9-17)11-26-24(31)34-19-7-8-32-13-19/h2-6,9-10,14-15,19,22,29H,7-8,11-13H2,1H3,(H,26,31)(H2,27,28,30)/t15?,19-,22?/m0/s1. The number of nitrogens with one attached hydrogen (secondary N) is 3. The van der Waals surface area contributed by atoms with Gasteiger partial charge in [0.05, 0.1) is 25.9 Å². The topological polar surface area (TPSA) is 131 Å². The summed E-state index contributed by atoms with van der Waals surface area (Å²) in [7, 11) is 0. The van der Waals surface area contributed by atoms with Crippen LogP contribution in [-0.2, 0) is 20.8 Å². The maximum Gasteiger partial charge on any atom is 0.407 e. The van der Waals surface area contributed by atoms with Crippen molar-refractivity contribution in [1.29, 1.82) is 0 Å². The maximum absolute atomic E-state index is 12.5. The lowest BCUT2D eigenvalue weighted by atomic mass is 9.98. The van der Waals surface area contributed by atoms with Crippen LogP contribution in [0.15, 0.2) is 47.5 Å². The second kappa shape index (κ2) is 11.0. The van der Waals surface area contributed by atoms with E-state index in [0.717, 1.165) is 11.1 Å². The monoisotopic (exact) mass is 468 g/mol. The van der Waals surface area contributed by atoms with Gasteiger partial charge in [0.1, 0.15) is 12.2 Å². The molecular formula is C24H28N4O6. The Bertz CT molecular complexity index is 1040. The fourth-order valence-electron chi connectivity index (χ4n) is 3.80. The third-order valence-corrected chi connectivity index (χ3v) is 5.50. The molecule has 0 bridgehead atoms. The van der Waals surface area contributed by atoms with Crippen LogP contribution < -0.4 is 16.0 Å². The number of anilines is 2. The Labute approximate surface area is 197 Å². The highest BCUT2D eigenvalue weighted by molar-refractivity contribution is 5.99. The molecule has 2 aromatic rings. The van der Waals surface area contributed by atoms with Gasteiger partial charge in [-0.2, -0.15) is 0 Å². The molecule has 2 unspecified atom stereocenters. The number of aliphatic hydroxyl groups is 1. The zero-order valence-electron chi connectivity index (χ0n) is 18.8. The molecule has 1 fully saturated rings. The minimum atomic E-state index is -0.735. The van der Waals surface area contributed by atoms with Gasteiger partial charge in [0.15, 0.2) is 6.40 Å². The zero-order valence-corrected chi connectivity index (χ0v) is 18.8. The van der Waals surface area contributed by atoms with Crippen LogP contribution in [0, 0.1) is 0 Å². The second-order valence-electron chi connectivity index (χ2n) is 8.14. The van der Waals surface area contributed by atoms with Crippen molar-refractivity contribution in [2.24, 2.45) is 4.99 Å². The van der Waals surface area contributed by atoms with E-state index in [1.807, 2.05) is 12.1 Å². The fourth-order valence-corrected chi connectivity index (χ4v) is 3.80. The van der Waals surface area contributed by atoms with Crippen molar-refractivity contribution in [3.05, 3.63) is 59.2 Å². The van der Waals surface area contributed by atoms with Crippen molar-refractivity contribution in [2.75, 3.05) is 30.4 Å². The lowest BCUT2D eigenvalue weighted by molar-refractivity contribution is 0.0828. The number of urea groups is 1. The fraction of sp³-hybridized carbons (Fsp3) is 0.375. The molecular weight excluding hydrogens is 440 g/mol. The van der Waals surface area contributed by atoms with E-state index in [2.05, 4.69) is 20.9 Å². The first-order valence-electron chi connectivity index (χ1n) is 11.1. The molecule has 3 atom stereocenters. The molecule has 3 amide bonds. The number of aliphatic imine (C=N–C) groups is 1. The van der Waals surface area contributed by atoms with Gasteiger partial charge < -0.3 is 35.3 Å². The van der Waals surface area contributed by atoms with E-state index in [9.17, 15) is 14.7 Å². The molecule has 4 rings (SSSR count). The number of rotatable bonds is 7. The van der Waals surface area contributed by atoms with Gasteiger partial charge in [-0.05, 0) is 42.3 Å². The van der Waals surface area contributed by atoms with Gasteiger partial charge in [-0.1, -0.05) is 18.2 Å². The molecule has 2 aliphatic rings. The molecule has 180 valence electrons. The largest absolute Gasteiger partial charge is 0.474 e. The number of alkyl carbamates (subject to hydrolysis) is 1. The number of nitrogens with zero attached hydrogens (tertiary/aromatic N) is 1. The van der Waals surface area contributed by atoms with E-state index < -0.39 is 18.2 Å². The first-order chi connectivity index (χ1) is 16.5. The predicted molar refractivity (Wildman–Crippen MR) is 126 cm³/mol. The molecule has 34 heavy (non-hydrogen) atoms. The van der Waals surface area contributed by atoms with E-state index >= 15 is 0 Å². The average Bonchev–Trinajstić information content (AvgIpc) is 3.52. The Balaban J connectivity index is 1.32. The van der Waals surface area contributed by atoms with Gasteiger partial charge in [0.25, 0.3) is 0 Å². The summed E-state index contributed by atoms with van der Waals surface area (Å²) < 4.78 is 15.9. The molecule has 0 aliphatic carbocycles. The highest BCUT2D eigenvalue weighted by Gasteiger charge is 2.22. The van der Waals surface area contributed by atoms with Crippen molar-refractivity contribution < 1.29 is 28.9 Å². The SMILES string of the molecule is CC(O)c1cc(NC(=O)Nc2cccc(CNC(=O)O[C@H]3CCOC3)c2)ccc1C1CN=CO1. The Morgan fingerprint density at radius 1 is 1.21 bits per heavy atom. The molecule has 10 nitrogen and oxygen atoms in total. The van der Waals surface area contributed by atoms with Gasteiger partial charge >= 0.3 is 12.1 Å². The number of ether oxygens (including phenoxy) is 3. The zero-order chi connectivity index (χ0) is 23.9. The van der Waals surface area contributed by atoms with Crippen molar-refractivity contribution in [2.45, 2.75) is 38.2 Å². The van der Waals surface area contributed by atoms with Gasteiger partial charge in [-0.3, -0.25) is 4.99 Å². The van der Waals surface area contributed by atoms with E-state index in [4.69, 9.17) is 14.2 Å². The number of benzene rings is 2. The number of hydrogen-bond donors (Lipinski definition) is 4. The van der Waals surface area contributed by atoms with Crippen molar-refractivity contribution in [1.82, 2.24) is 5.32 Å². The molecule has 10 heteroatoms. The van der Waals surface area contributed by atoms with Crippen LogP contribution in [-0.4, -0.2) is 49.5 Å². The van der Waals surface area contributed by atoms with Crippen molar-refractivity contribution in [3.8, 4) is 0 Å². The molecule has 0 spiro atoms. The molecule has 2 heterocycles. The highest BCUT2D eigenvalue weighted by atomic mass is 16.6. The van der Waals surface area contributed by atoms with Crippen LogP contribution in [0.1, 0.15) is 42.2 Å². The molecule has 2 aromatic carbocycles. The summed E-state index contributed by atoms with van der Waals surface area (Å²) in [5, 5.41) is 18.4. The second-order valence-corrected chi connectivity index (χ2v) is 8.14. The summed E-state index contributed by atoms with van der Waals surface area (Å²) in [6, 6.07) is 12.0. The molecule has 0 aromatic heterocycles. The smallest absolute Gasteiger partial charge is 0.407 e. The van der Waals surface area contributed by atoms with Crippen LogP contribution in [0.3, 0.4) is 0 Å². The Hall–Kier alpha value is -3.63. The van der Waals surface area contributed by atoms with Crippen LogP contribution in [0.2, 0.25) is 0 Å². The van der Waals surface area contributed by atoms with Crippen LogP contribution in [0.4, 0.5) is 21.0 Å². The molecule has 4 N–H and O–H groups in total. The summed E-state index contributed by atoms with van der Waals surface area (Å²) in [5.74, 6) is 0. The lowest BCUT2D eigenvalue weighted by Crippen LogP contribution is -2.28. The number of amides is 3. The molecule has 2 aliphatic heterocycles. The minimum absolute atomic E-state index is 0.209. The average molecular weight is 469 g/mol. The van der Waals surface area contributed by atoms with Crippen molar-refractivity contribution in [3.63, 3.8) is 0 Å². The normalized spacial score (nSPS) is 19.8. The molecule has 0 saturated carbocycles.